The molecule has 0 aliphatic carbocycles. The average Bonchev–Trinajstić information content (AvgIpc) is 2.54. The lowest BCUT2D eigenvalue weighted by Crippen LogP contribution is -2.20. The molecule has 0 aliphatic heterocycles. The molecule has 0 saturated carbocycles. The van der Waals surface area contributed by atoms with Crippen molar-refractivity contribution in [1.29, 1.82) is 0 Å². The van der Waals surface area contributed by atoms with Crippen LogP contribution in [0.1, 0.15) is 5.56 Å². The molecular weight excluding hydrogens is 272 g/mol. The molecule has 1 aromatic carbocycles. The van der Waals surface area contributed by atoms with Gasteiger partial charge in [0.2, 0.25) is 5.95 Å². The predicted octanol–water partition coefficient (Wildman–Crippen LogP) is 1.53. The van der Waals surface area contributed by atoms with Crippen molar-refractivity contribution in [2.75, 3.05) is 33.3 Å². The number of hydrogen-bond donors (Lipinski definition) is 0. The average molecular weight is 290 g/mol. The minimum absolute atomic E-state index is 0.217. The fourth-order valence-corrected chi connectivity index (χ4v) is 1.80. The van der Waals surface area contributed by atoms with Gasteiger partial charge in [0.15, 0.2) is 0 Å². The van der Waals surface area contributed by atoms with Gasteiger partial charge in [-0.3, -0.25) is 0 Å². The van der Waals surface area contributed by atoms with Crippen LogP contribution in [-0.4, -0.2) is 43.3 Å². The molecule has 0 radical (unpaired) electrons. The second-order valence-corrected chi connectivity index (χ2v) is 4.32. The lowest BCUT2D eigenvalue weighted by atomic mass is 10.2. The van der Waals surface area contributed by atoms with E-state index in [0.717, 1.165) is 11.3 Å². The highest BCUT2D eigenvalue weighted by Crippen LogP contribution is 2.18. The lowest BCUT2D eigenvalue weighted by Gasteiger charge is -2.18. The minimum Gasteiger partial charge on any atom is -0.497 e. The van der Waals surface area contributed by atoms with Crippen LogP contribution in [0.4, 0.5) is 5.95 Å². The summed E-state index contributed by atoms with van der Waals surface area (Å²) in [5.74, 6) is 1.29. The molecule has 1 aromatic heterocycles. The largest absolute Gasteiger partial charge is 0.497 e. The van der Waals surface area contributed by atoms with Gasteiger partial charge in [-0.15, -0.1) is 4.98 Å². The number of nitrogens with zero attached hydrogens (tertiary/aromatic N) is 4. The molecule has 7 heteroatoms. The van der Waals surface area contributed by atoms with Gasteiger partial charge in [0.05, 0.1) is 21.3 Å². The Labute approximate surface area is 123 Å². The molecule has 0 fully saturated rings. The van der Waals surface area contributed by atoms with Crippen molar-refractivity contribution in [3.63, 3.8) is 0 Å². The molecule has 0 bridgehead atoms. The van der Waals surface area contributed by atoms with Crippen LogP contribution >= 0.6 is 0 Å². The van der Waals surface area contributed by atoms with Crippen LogP contribution in [0.5, 0.6) is 17.8 Å². The van der Waals surface area contributed by atoms with Gasteiger partial charge in [-0.2, -0.15) is 9.97 Å². The molecule has 0 unspecified atom stereocenters. The molecule has 0 amide bonds. The Hall–Kier alpha value is -2.57. The van der Waals surface area contributed by atoms with Crippen LogP contribution in [0.2, 0.25) is 0 Å². The number of aromatic nitrogens is 3. The van der Waals surface area contributed by atoms with E-state index >= 15 is 0 Å². The summed E-state index contributed by atoms with van der Waals surface area (Å²) in [6.45, 7) is 0.619. The van der Waals surface area contributed by atoms with Crippen molar-refractivity contribution in [2.45, 2.75) is 6.54 Å². The van der Waals surface area contributed by atoms with Gasteiger partial charge in [0.25, 0.3) is 0 Å². The van der Waals surface area contributed by atoms with Crippen LogP contribution in [-0.2, 0) is 6.54 Å². The van der Waals surface area contributed by atoms with Crippen molar-refractivity contribution in [3.05, 3.63) is 29.8 Å². The maximum Gasteiger partial charge on any atom is 0.324 e. The SMILES string of the molecule is COc1cccc(CN(C)c2nc(OC)nc(OC)n2)c1. The molecule has 112 valence electrons. The van der Waals surface area contributed by atoms with Gasteiger partial charge < -0.3 is 19.1 Å². The predicted molar refractivity (Wildman–Crippen MR) is 78.0 cm³/mol. The molecule has 7 nitrogen and oxygen atoms in total. The van der Waals surface area contributed by atoms with E-state index in [4.69, 9.17) is 14.2 Å². The molecule has 2 aromatic rings. The Bertz CT molecular complexity index is 584. The summed E-state index contributed by atoms with van der Waals surface area (Å²) in [7, 11) is 6.53. The lowest BCUT2D eigenvalue weighted by molar-refractivity contribution is 0.340. The molecule has 1 heterocycles. The summed E-state index contributed by atoms with van der Waals surface area (Å²) < 4.78 is 15.3. The van der Waals surface area contributed by atoms with E-state index in [9.17, 15) is 0 Å². The van der Waals surface area contributed by atoms with Gasteiger partial charge >= 0.3 is 12.0 Å². The zero-order chi connectivity index (χ0) is 15.2. The van der Waals surface area contributed by atoms with E-state index < -0.39 is 0 Å². The van der Waals surface area contributed by atoms with Gasteiger partial charge in [0.1, 0.15) is 5.75 Å². The van der Waals surface area contributed by atoms with E-state index in [2.05, 4.69) is 15.0 Å². The Balaban J connectivity index is 2.20. The van der Waals surface area contributed by atoms with Crippen LogP contribution < -0.4 is 19.1 Å². The minimum atomic E-state index is 0.217. The maximum atomic E-state index is 5.22. The first-order chi connectivity index (χ1) is 10.2. The first kappa shape index (κ1) is 14.8. The fraction of sp³-hybridized carbons (Fsp3) is 0.357. The number of anilines is 1. The monoisotopic (exact) mass is 290 g/mol. The zero-order valence-electron chi connectivity index (χ0n) is 12.5. The Morgan fingerprint density at radius 2 is 1.62 bits per heavy atom. The first-order valence-electron chi connectivity index (χ1n) is 6.34. The second-order valence-electron chi connectivity index (χ2n) is 4.32. The first-order valence-corrected chi connectivity index (χ1v) is 6.34. The summed E-state index contributed by atoms with van der Waals surface area (Å²) in [6.07, 6.45) is 0. The summed E-state index contributed by atoms with van der Waals surface area (Å²) in [6, 6.07) is 8.25. The standard InChI is InChI=1S/C14H18N4O3/c1-18(9-10-6-5-7-11(8-10)19-2)12-15-13(20-3)17-14(16-12)21-4/h5-8H,9H2,1-4H3. The quantitative estimate of drug-likeness (QED) is 0.799. The Morgan fingerprint density at radius 3 is 2.19 bits per heavy atom. The number of methoxy groups -OCH3 is 3. The van der Waals surface area contributed by atoms with Crippen molar-refractivity contribution in [3.8, 4) is 17.8 Å². The van der Waals surface area contributed by atoms with E-state index in [-0.39, 0.29) is 12.0 Å². The highest BCUT2D eigenvalue weighted by molar-refractivity contribution is 5.35. The van der Waals surface area contributed by atoms with Gasteiger partial charge in [-0.25, -0.2) is 0 Å². The van der Waals surface area contributed by atoms with Crippen LogP contribution in [0, 0.1) is 0 Å². The van der Waals surface area contributed by atoms with Crippen molar-refractivity contribution >= 4 is 5.95 Å². The number of ether oxygens (including phenoxy) is 3. The highest BCUT2D eigenvalue weighted by atomic mass is 16.5. The van der Waals surface area contributed by atoms with Crippen LogP contribution in [0.25, 0.3) is 0 Å². The number of hydrogen-bond acceptors (Lipinski definition) is 7. The summed E-state index contributed by atoms with van der Waals surface area (Å²) >= 11 is 0. The van der Waals surface area contributed by atoms with Crippen molar-refractivity contribution in [2.24, 2.45) is 0 Å². The molecule has 0 atom stereocenters. The topological polar surface area (TPSA) is 69.6 Å². The maximum absolute atomic E-state index is 5.22. The van der Waals surface area contributed by atoms with E-state index in [0.29, 0.717) is 12.5 Å². The summed E-state index contributed by atoms with van der Waals surface area (Å²) in [5.41, 5.74) is 1.08. The van der Waals surface area contributed by atoms with Gasteiger partial charge in [0, 0.05) is 13.6 Å². The molecule has 0 spiro atoms. The molecule has 0 aliphatic rings. The number of rotatable bonds is 6. The number of benzene rings is 1. The van der Waals surface area contributed by atoms with Crippen LogP contribution in [0.3, 0.4) is 0 Å². The second kappa shape index (κ2) is 6.74. The molecule has 2 rings (SSSR count). The summed E-state index contributed by atoms with van der Waals surface area (Å²) in [4.78, 5) is 14.3. The van der Waals surface area contributed by atoms with E-state index in [1.807, 2.05) is 36.2 Å². The molecule has 0 N–H and O–H groups in total. The highest BCUT2D eigenvalue weighted by Gasteiger charge is 2.11. The summed E-state index contributed by atoms with van der Waals surface area (Å²) in [5, 5.41) is 0. The van der Waals surface area contributed by atoms with E-state index in [1.165, 1.54) is 14.2 Å². The normalized spacial score (nSPS) is 10.1. The molecular formula is C14H18N4O3. The molecule has 0 saturated heterocycles. The third-order valence-corrected chi connectivity index (χ3v) is 2.84. The Morgan fingerprint density at radius 1 is 0.952 bits per heavy atom. The van der Waals surface area contributed by atoms with E-state index in [1.54, 1.807) is 7.11 Å². The fourth-order valence-electron chi connectivity index (χ4n) is 1.80. The van der Waals surface area contributed by atoms with Crippen LogP contribution in [0.15, 0.2) is 24.3 Å². The van der Waals surface area contributed by atoms with Crippen molar-refractivity contribution in [1.82, 2.24) is 15.0 Å². The smallest absolute Gasteiger partial charge is 0.324 e. The molecule has 21 heavy (non-hydrogen) atoms. The zero-order valence-corrected chi connectivity index (χ0v) is 12.5. The van der Waals surface area contributed by atoms with Crippen molar-refractivity contribution < 1.29 is 14.2 Å². The van der Waals surface area contributed by atoms with Gasteiger partial charge in [-0.1, -0.05) is 12.1 Å². The van der Waals surface area contributed by atoms with Gasteiger partial charge in [-0.05, 0) is 17.7 Å². The third-order valence-electron chi connectivity index (χ3n) is 2.84. The Kier molecular flexibility index (Phi) is 4.76. The third kappa shape index (κ3) is 3.71.